The molecule has 1 atom stereocenters. The topological polar surface area (TPSA) is 85.0 Å². The summed E-state index contributed by atoms with van der Waals surface area (Å²) in [4.78, 5) is 27.6. The maximum atomic E-state index is 12.6. The molecule has 1 unspecified atom stereocenters. The number of aryl methyl sites for hydroxylation is 1. The SMILES string of the molecule is Cc1cnc(-c2nc(C3CCN(C(=O)C4CC=CCC4)CC3)no2)cn1. The number of likely N-dealkylation sites (tertiary alicyclic amines) is 1. The second kappa shape index (κ2) is 7.35. The third-order valence-corrected chi connectivity index (χ3v) is 5.23. The van der Waals surface area contributed by atoms with Gasteiger partial charge in [0.25, 0.3) is 5.89 Å². The monoisotopic (exact) mass is 353 g/mol. The number of hydrogen-bond donors (Lipinski definition) is 0. The predicted molar refractivity (Wildman–Crippen MR) is 95.1 cm³/mol. The van der Waals surface area contributed by atoms with Crippen LogP contribution in [0.4, 0.5) is 0 Å². The molecule has 2 aromatic heterocycles. The molecule has 7 heteroatoms. The lowest BCUT2D eigenvalue weighted by atomic mass is 9.90. The highest BCUT2D eigenvalue weighted by Gasteiger charge is 2.30. The van der Waals surface area contributed by atoms with Crippen LogP contribution < -0.4 is 0 Å². The van der Waals surface area contributed by atoms with Gasteiger partial charge in [0.15, 0.2) is 5.82 Å². The molecular weight excluding hydrogens is 330 g/mol. The smallest absolute Gasteiger partial charge is 0.278 e. The highest BCUT2D eigenvalue weighted by molar-refractivity contribution is 5.79. The lowest BCUT2D eigenvalue weighted by Crippen LogP contribution is -2.41. The third kappa shape index (κ3) is 3.52. The van der Waals surface area contributed by atoms with Gasteiger partial charge in [-0.3, -0.25) is 9.78 Å². The fourth-order valence-electron chi connectivity index (χ4n) is 3.64. The number of rotatable bonds is 3. The van der Waals surface area contributed by atoms with Crippen LogP contribution in [0.5, 0.6) is 0 Å². The molecule has 0 saturated carbocycles. The van der Waals surface area contributed by atoms with Crippen LogP contribution in [0.1, 0.15) is 49.5 Å². The largest absolute Gasteiger partial charge is 0.342 e. The molecule has 1 amide bonds. The number of allylic oxidation sites excluding steroid dienone is 2. The first kappa shape index (κ1) is 16.9. The van der Waals surface area contributed by atoms with Crippen LogP contribution in [0, 0.1) is 12.8 Å². The molecule has 2 aliphatic rings. The van der Waals surface area contributed by atoms with Gasteiger partial charge >= 0.3 is 0 Å². The number of amides is 1. The summed E-state index contributed by atoms with van der Waals surface area (Å²) < 4.78 is 5.36. The number of aromatic nitrogens is 4. The standard InChI is InChI=1S/C19H23N5O2/c1-13-11-21-16(12-20-13)18-22-17(23-26-18)14-7-9-24(10-8-14)19(25)15-5-3-2-4-6-15/h2-3,11-12,14-15H,4-10H2,1H3. The van der Waals surface area contributed by atoms with Crippen molar-refractivity contribution in [1.29, 1.82) is 0 Å². The van der Waals surface area contributed by atoms with Crippen molar-refractivity contribution in [2.75, 3.05) is 13.1 Å². The van der Waals surface area contributed by atoms with E-state index >= 15 is 0 Å². The molecule has 4 rings (SSSR count). The van der Waals surface area contributed by atoms with E-state index in [0.29, 0.717) is 23.3 Å². The van der Waals surface area contributed by atoms with Gasteiger partial charge in [-0.15, -0.1) is 0 Å². The van der Waals surface area contributed by atoms with Crippen LogP contribution in [0.2, 0.25) is 0 Å². The van der Waals surface area contributed by atoms with Crippen LogP contribution in [-0.2, 0) is 4.79 Å². The Morgan fingerprint density at radius 2 is 2.00 bits per heavy atom. The molecule has 1 aliphatic carbocycles. The fourth-order valence-corrected chi connectivity index (χ4v) is 3.64. The molecule has 1 aliphatic heterocycles. The Bertz CT molecular complexity index is 791. The summed E-state index contributed by atoms with van der Waals surface area (Å²) in [6.45, 7) is 3.41. The molecule has 2 aromatic rings. The quantitative estimate of drug-likeness (QED) is 0.789. The maximum Gasteiger partial charge on any atom is 0.278 e. The zero-order valence-corrected chi connectivity index (χ0v) is 15.0. The van der Waals surface area contributed by atoms with E-state index in [1.54, 1.807) is 12.4 Å². The van der Waals surface area contributed by atoms with E-state index in [2.05, 4.69) is 32.3 Å². The molecular formula is C19H23N5O2. The molecule has 0 radical (unpaired) electrons. The summed E-state index contributed by atoms with van der Waals surface area (Å²) in [5.74, 6) is 1.79. The van der Waals surface area contributed by atoms with Crippen molar-refractivity contribution in [2.45, 2.75) is 44.9 Å². The van der Waals surface area contributed by atoms with Gasteiger partial charge in [0, 0.05) is 31.1 Å². The normalized spacial score (nSPS) is 21.1. The van der Waals surface area contributed by atoms with Crippen molar-refractivity contribution in [1.82, 2.24) is 25.0 Å². The average Bonchev–Trinajstić information content (AvgIpc) is 3.19. The van der Waals surface area contributed by atoms with Gasteiger partial charge in [0.1, 0.15) is 5.69 Å². The van der Waals surface area contributed by atoms with Crippen molar-refractivity contribution in [3.8, 4) is 11.6 Å². The lowest BCUT2D eigenvalue weighted by Gasteiger charge is -2.33. The van der Waals surface area contributed by atoms with E-state index in [0.717, 1.165) is 50.9 Å². The molecule has 136 valence electrons. The Kier molecular flexibility index (Phi) is 4.77. The molecule has 26 heavy (non-hydrogen) atoms. The average molecular weight is 353 g/mol. The Morgan fingerprint density at radius 1 is 1.15 bits per heavy atom. The van der Waals surface area contributed by atoms with Crippen molar-refractivity contribution >= 4 is 5.91 Å². The molecule has 1 fully saturated rings. The van der Waals surface area contributed by atoms with Gasteiger partial charge < -0.3 is 9.42 Å². The van der Waals surface area contributed by atoms with Crippen molar-refractivity contribution in [3.63, 3.8) is 0 Å². The van der Waals surface area contributed by atoms with Gasteiger partial charge in [-0.25, -0.2) is 4.98 Å². The van der Waals surface area contributed by atoms with Crippen LogP contribution in [0.15, 0.2) is 29.1 Å². The highest BCUT2D eigenvalue weighted by atomic mass is 16.5. The first-order chi connectivity index (χ1) is 12.7. The Morgan fingerprint density at radius 3 is 2.69 bits per heavy atom. The molecule has 0 bridgehead atoms. The molecule has 1 saturated heterocycles. The first-order valence-corrected chi connectivity index (χ1v) is 9.27. The van der Waals surface area contributed by atoms with Gasteiger partial charge in [-0.2, -0.15) is 4.98 Å². The number of carbonyl (C=O) groups excluding carboxylic acids is 1. The molecule has 3 heterocycles. The first-order valence-electron chi connectivity index (χ1n) is 9.27. The van der Waals surface area contributed by atoms with Gasteiger partial charge in [-0.05, 0) is 39.0 Å². The van der Waals surface area contributed by atoms with Crippen LogP contribution >= 0.6 is 0 Å². The number of nitrogens with zero attached hydrogens (tertiary/aromatic N) is 5. The zero-order chi connectivity index (χ0) is 17.9. The van der Waals surface area contributed by atoms with Gasteiger partial charge in [0.05, 0.1) is 11.9 Å². The predicted octanol–water partition coefficient (Wildman–Crippen LogP) is 2.90. The van der Waals surface area contributed by atoms with Crippen molar-refractivity contribution in [3.05, 3.63) is 36.1 Å². The van der Waals surface area contributed by atoms with Crippen LogP contribution in [0.25, 0.3) is 11.6 Å². The second-order valence-corrected chi connectivity index (χ2v) is 7.08. The summed E-state index contributed by atoms with van der Waals surface area (Å²) in [7, 11) is 0. The number of hydrogen-bond acceptors (Lipinski definition) is 6. The summed E-state index contributed by atoms with van der Waals surface area (Å²) in [5, 5.41) is 4.13. The van der Waals surface area contributed by atoms with E-state index in [1.807, 2.05) is 11.8 Å². The molecule has 7 nitrogen and oxygen atoms in total. The molecule has 0 N–H and O–H groups in total. The van der Waals surface area contributed by atoms with E-state index in [-0.39, 0.29) is 11.8 Å². The minimum absolute atomic E-state index is 0.161. The fraction of sp³-hybridized carbons (Fsp3) is 0.526. The number of carbonyl (C=O) groups is 1. The second-order valence-electron chi connectivity index (χ2n) is 7.08. The summed E-state index contributed by atoms with van der Waals surface area (Å²) in [5.41, 5.74) is 1.44. The zero-order valence-electron chi connectivity index (χ0n) is 15.0. The van der Waals surface area contributed by atoms with Gasteiger partial charge in [0.2, 0.25) is 5.91 Å². The third-order valence-electron chi connectivity index (χ3n) is 5.23. The molecule has 0 aromatic carbocycles. The summed E-state index contributed by atoms with van der Waals surface area (Å²) in [6.07, 6.45) is 12.2. The van der Waals surface area contributed by atoms with E-state index in [1.165, 1.54) is 0 Å². The van der Waals surface area contributed by atoms with Crippen molar-refractivity contribution < 1.29 is 9.32 Å². The lowest BCUT2D eigenvalue weighted by molar-refractivity contribution is -0.136. The maximum absolute atomic E-state index is 12.6. The summed E-state index contributed by atoms with van der Waals surface area (Å²) in [6, 6.07) is 0. The number of piperidine rings is 1. The van der Waals surface area contributed by atoms with E-state index in [9.17, 15) is 4.79 Å². The van der Waals surface area contributed by atoms with Crippen LogP contribution in [0.3, 0.4) is 0 Å². The van der Waals surface area contributed by atoms with Crippen molar-refractivity contribution in [2.24, 2.45) is 5.92 Å². The Balaban J connectivity index is 1.37. The minimum atomic E-state index is 0.161. The van der Waals surface area contributed by atoms with Crippen LogP contribution in [-0.4, -0.2) is 44.0 Å². The summed E-state index contributed by atoms with van der Waals surface area (Å²) >= 11 is 0. The Labute approximate surface area is 152 Å². The minimum Gasteiger partial charge on any atom is -0.342 e. The Hall–Kier alpha value is -2.57. The van der Waals surface area contributed by atoms with E-state index < -0.39 is 0 Å². The van der Waals surface area contributed by atoms with E-state index in [4.69, 9.17) is 4.52 Å². The highest BCUT2D eigenvalue weighted by Crippen LogP contribution is 2.29. The molecule has 0 spiro atoms. The van der Waals surface area contributed by atoms with Gasteiger partial charge in [-0.1, -0.05) is 17.3 Å².